The molecule has 2 aromatic rings. The minimum absolute atomic E-state index is 0.672. The number of anilines is 1. The van der Waals surface area contributed by atoms with Crippen LogP contribution in [-0.2, 0) is 12.8 Å². The van der Waals surface area contributed by atoms with Crippen molar-refractivity contribution < 1.29 is 0 Å². The van der Waals surface area contributed by atoms with Gasteiger partial charge in [0.25, 0.3) is 0 Å². The average molecular weight is 218 g/mol. The Morgan fingerprint density at radius 3 is 2.87 bits per heavy atom. The third-order valence-corrected chi connectivity index (χ3v) is 3.30. The molecule has 3 heteroatoms. The molecule has 2 aromatic heterocycles. The van der Waals surface area contributed by atoms with E-state index in [0.717, 1.165) is 12.8 Å². The lowest BCUT2D eigenvalue weighted by molar-refractivity contribution is 0.947. The van der Waals surface area contributed by atoms with Gasteiger partial charge < -0.3 is 5.73 Å². The Balaban J connectivity index is 2.11. The van der Waals surface area contributed by atoms with Crippen LogP contribution >= 0.6 is 11.3 Å². The average Bonchev–Trinajstić information content (AvgIpc) is 2.70. The molecule has 0 amide bonds. The first-order chi connectivity index (χ1) is 7.27. The van der Waals surface area contributed by atoms with E-state index in [2.05, 4.69) is 28.7 Å². The second-order valence-corrected chi connectivity index (χ2v) is 4.40. The van der Waals surface area contributed by atoms with E-state index in [1.807, 2.05) is 6.07 Å². The second-order valence-electron chi connectivity index (χ2n) is 3.62. The molecule has 0 aliphatic heterocycles. The summed E-state index contributed by atoms with van der Waals surface area (Å²) in [6.45, 7) is 2.08. The standard InChI is InChI=1S/C12H14N2S/c1-9-4-6-14-12(13)11(9)3-2-10-5-7-15-8-10/h4-8H,2-3H2,1H3,(H2,13,14). The fourth-order valence-electron chi connectivity index (χ4n) is 1.64. The second kappa shape index (κ2) is 4.45. The lowest BCUT2D eigenvalue weighted by atomic mass is 10.0. The van der Waals surface area contributed by atoms with E-state index in [1.165, 1.54) is 16.7 Å². The van der Waals surface area contributed by atoms with E-state index in [4.69, 9.17) is 5.73 Å². The highest BCUT2D eigenvalue weighted by molar-refractivity contribution is 7.07. The highest BCUT2D eigenvalue weighted by Gasteiger charge is 2.04. The molecule has 0 fully saturated rings. The summed E-state index contributed by atoms with van der Waals surface area (Å²) in [4.78, 5) is 4.12. The van der Waals surface area contributed by atoms with Gasteiger partial charge in [-0.05, 0) is 59.3 Å². The van der Waals surface area contributed by atoms with Crippen LogP contribution < -0.4 is 5.73 Å². The van der Waals surface area contributed by atoms with Crippen LogP contribution in [0.5, 0.6) is 0 Å². The van der Waals surface area contributed by atoms with Gasteiger partial charge in [-0.3, -0.25) is 0 Å². The third-order valence-electron chi connectivity index (χ3n) is 2.57. The quantitative estimate of drug-likeness (QED) is 0.860. The summed E-state index contributed by atoms with van der Waals surface area (Å²) in [5, 5.41) is 4.29. The summed E-state index contributed by atoms with van der Waals surface area (Å²) in [7, 11) is 0. The first kappa shape index (κ1) is 10.2. The van der Waals surface area contributed by atoms with Gasteiger partial charge in [-0.15, -0.1) is 0 Å². The number of nitrogen functional groups attached to an aromatic ring is 1. The van der Waals surface area contributed by atoms with Crippen LogP contribution in [0.4, 0.5) is 5.82 Å². The SMILES string of the molecule is Cc1ccnc(N)c1CCc1ccsc1. The zero-order valence-electron chi connectivity index (χ0n) is 8.73. The summed E-state index contributed by atoms with van der Waals surface area (Å²) in [5.41, 5.74) is 9.65. The summed E-state index contributed by atoms with van der Waals surface area (Å²) in [6.07, 6.45) is 3.78. The molecular weight excluding hydrogens is 204 g/mol. The Labute approximate surface area is 93.8 Å². The van der Waals surface area contributed by atoms with Crippen molar-refractivity contribution in [2.24, 2.45) is 0 Å². The van der Waals surface area contributed by atoms with Crippen molar-refractivity contribution in [1.82, 2.24) is 4.98 Å². The minimum Gasteiger partial charge on any atom is -0.383 e. The van der Waals surface area contributed by atoms with E-state index < -0.39 is 0 Å². The smallest absolute Gasteiger partial charge is 0.126 e. The van der Waals surface area contributed by atoms with Crippen LogP contribution in [0.2, 0.25) is 0 Å². The molecule has 2 heterocycles. The lowest BCUT2D eigenvalue weighted by Crippen LogP contribution is -2.01. The van der Waals surface area contributed by atoms with Crippen molar-refractivity contribution in [2.45, 2.75) is 19.8 Å². The summed E-state index contributed by atoms with van der Waals surface area (Å²) < 4.78 is 0. The molecule has 0 unspecified atom stereocenters. The number of hydrogen-bond acceptors (Lipinski definition) is 3. The largest absolute Gasteiger partial charge is 0.383 e. The fraction of sp³-hybridized carbons (Fsp3) is 0.250. The molecule has 0 bridgehead atoms. The third kappa shape index (κ3) is 2.36. The van der Waals surface area contributed by atoms with E-state index in [1.54, 1.807) is 17.5 Å². The highest BCUT2D eigenvalue weighted by atomic mass is 32.1. The van der Waals surface area contributed by atoms with Gasteiger partial charge >= 0.3 is 0 Å². The van der Waals surface area contributed by atoms with Crippen LogP contribution in [0.25, 0.3) is 0 Å². The molecule has 0 saturated carbocycles. The molecule has 15 heavy (non-hydrogen) atoms. The maximum Gasteiger partial charge on any atom is 0.126 e. The normalized spacial score (nSPS) is 10.5. The van der Waals surface area contributed by atoms with Crippen LogP contribution in [0, 0.1) is 6.92 Å². The number of aromatic nitrogens is 1. The van der Waals surface area contributed by atoms with E-state index >= 15 is 0 Å². The monoisotopic (exact) mass is 218 g/mol. The van der Waals surface area contributed by atoms with Crippen molar-refractivity contribution in [3.05, 3.63) is 45.8 Å². The minimum atomic E-state index is 0.672. The molecule has 2 N–H and O–H groups in total. The zero-order chi connectivity index (χ0) is 10.7. The topological polar surface area (TPSA) is 38.9 Å². The molecule has 0 aromatic carbocycles. The van der Waals surface area contributed by atoms with Gasteiger partial charge in [0.15, 0.2) is 0 Å². The summed E-state index contributed by atoms with van der Waals surface area (Å²) in [5.74, 6) is 0.672. The Hall–Kier alpha value is -1.35. The lowest BCUT2D eigenvalue weighted by Gasteiger charge is -2.07. The number of pyridine rings is 1. The van der Waals surface area contributed by atoms with Gasteiger partial charge in [-0.1, -0.05) is 0 Å². The molecule has 2 rings (SSSR count). The van der Waals surface area contributed by atoms with Crippen molar-refractivity contribution in [1.29, 1.82) is 0 Å². The van der Waals surface area contributed by atoms with Crippen molar-refractivity contribution >= 4 is 17.2 Å². The first-order valence-electron chi connectivity index (χ1n) is 4.98. The molecule has 0 spiro atoms. The fourth-order valence-corrected chi connectivity index (χ4v) is 2.34. The van der Waals surface area contributed by atoms with Crippen LogP contribution in [0.15, 0.2) is 29.1 Å². The van der Waals surface area contributed by atoms with Gasteiger partial charge in [0.2, 0.25) is 0 Å². The maximum atomic E-state index is 5.85. The molecule has 78 valence electrons. The number of nitrogens with zero attached hydrogens (tertiary/aromatic N) is 1. The Bertz CT molecular complexity index is 415. The van der Waals surface area contributed by atoms with E-state index in [0.29, 0.717) is 5.82 Å². The zero-order valence-corrected chi connectivity index (χ0v) is 9.55. The number of rotatable bonds is 3. The number of nitrogens with two attached hydrogens (primary N) is 1. The van der Waals surface area contributed by atoms with Gasteiger partial charge in [0.05, 0.1) is 0 Å². The molecule has 0 aliphatic carbocycles. The molecule has 0 radical (unpaired) electrons. The summed E-state index contributed by atoms with van der Waals surface area (Å²) in [6, 6.07) is 4.17. The van der Waals surface area contributed by atoms with Gasteiger partial charge in [0, 0.05) is 6.20 Å². The van der Waals surface area contributed by atoms with Crippen molar-refractivity contribution in [3.8, 4) is 0 Å². The Morgan fingerprint density at radius 2 is 2.20 bits per heavy atom. The number of hydrogen-bond donors (Lipinski definition) is 1. The maximum absolute atomic E-state index is 5.85. The first-order valence-corrected chi connectivity index (χ1v) is 5.92. The number of aryl methyl sites for hydroxylation is 2. The van der Waals surface area contributed by atoms with Crippen LogP contribution in [-0.4, -0.2) is 4.98 Å². The van der Waals surface area contributed by atoms with Crippen LogP contribution in [0.3, 0.4) is 0 Å². The molecule has 0 aliphatic rings. The number of thiophene rings is 1. The van der Waals surface area contributed by atoms with Crippen molar-refractivity contribution in [3.63, 3.8) is 0 Å². The van der Waals surface area contributed by atoms with Gasteiger partial charge in [-0.2, -0.15) is 11.3 Å². The molecular formula is C12H14N2S. The Kier molecular flexibility index (Phi) is 3.02. The van der Waals surface area contributed by atoms with Crippen LogP contribution in [0.1, 0.15) is 16.7 Å². The Morgan fingerprint density at radius 1 is 1.33 bits per heavy atom. The van der Waals surface area contributed by atoms with Gasteiger partial charge in [0.1, 0.15) is 5.82 Å². The van der Waals surface area contributed by atoms with Crippen molar-refractivity contribution in [2.75, 3.05) is 5.73 Å². The van der Waals surface area contributed by atoms with E-state index in [9.17, 15) is 0 Å². The predicted molar refractivity (Wildman–Crippen MR) is 65.1 cm³/mol. The molecule has 0 atom stereocenters. The molecule has 2 nitrogen and oxygen atoms in total. The van der Waals surface area contributed by atoms with E-state index in [-0.39, 0.29) is 0 Å². The predicted octanol–water partition coefficient (Wildman–Crippen LogP) is 2.82. The highest BCUT2D eigenvalue weighted by Crippen LogP contribution is 2.17. The molecule has 0 saturated heterocycles. The summed E-state index contributed by atoms with van der Waals surface area (Å²) >= 11 is 1.74. The van der Waals surface area contributed by atoms with Gasteiger partial charge in [-0.25, -0.2) is 4.98 Å².